The van der Waals surface area contributed by atoms with E-state index in [2.05, 4.69) is 15.3 Å². The van der Waals surface area contributed by atoms with Gasteiger partial charge in [0.15, 0.2) is 0 Å². The van der Waals surface area contributed by atoms with E-state index in [1.807, 2.05) is 0 Å². The predicted octanol–water partition coefficient (Wildman–Crippen LogP) is 1.63. The van der Waals surface area contributed by atoms with Crippen LogP contribution in [0.4, 0.5) is 11.5 Å². The van der Waals surface area contributed by atoms with Crippen LogP contribution in [0.25, 0.3) is 0 Å². The summed E-state index contributed by atoms with van der Waals surface area (Å²) in [6.45, 7) is 0. The van der Waals surface area contributed by atoms with Gasteiger partial charge >= 0.3 is 0 Å². The van der Waals surface area contributed by atoms with Crippen LogP contribution in [0, 0.1) is 10.1 Å². The van der Waals surface area contributed by atoms with E-state index in [4.69, 9.17) is 11.6 Å². The molecule has 0 aliphatic rings. The molecule has 1 amide bonds. The fourth-order valence-corrected chi connectivity index (χ4v) is 1.60. The molecule has 0 unspecified atom stereocenters. The van der Waals surface area contributed by atoms with Crippen molar-refractivity contribution in [2.24, 2.45) is 7.05 Å². The second-order valence-electron chi connectivity index (χ2n) is 3.62. The van der Waals surface area contributed by atoms with Gasteiger partial charge in [-0.1, -0.05) is 0 Å². The minimum Gasteiger partial charge on any atom is -0.340 e. The van der Waals surface area contributed by atoms with Crippen molar-refractivity contribution < 1.29 is 9.72 Å². The minimum atomic E-state index is -0.571. The first-order valence-corrected chi connectivity index (χ1v) is 5.46. The molecule has 0 aromatic carbocycles. The summed E-state index contributed by atoms with van der Waals surface area (Å²) in [7, 11) is 1.54. The molecular weight excluding hydrogens is 274 g/mol. The number of hydrogen-bond acceptors (Lipinski definition) is 5. The first-order valence-electron chi connectivity index (χ1n) is 5.08. The number of carbonyl (C=O) groups is 1. The Balaban J connectivity index is 2.23. The van der Waals surface area contributed by atoms with Gasteiger partial charge in [0, 0.05) is 19.3 Å². The molecule has 0 atom stereocenters. The molecular formula is C10H8ClN5O3. The third-order valence-corrected chi connectivity index (χ3v) is 2.48. The lowest BCUT2D eigenvalue weighted by molar-refractivity contribution is -0.384. The molecule has 19 heavy (non-hydrogen) atoms. The molecule has 0 saturated heterocycles. The average molecular weight is 282 g/mol. The van der Waals surface area contributed by atoms with Crippen LogP contribution in [-0.4, -0.2) is 25.4 Å². The highest BCUT2D eigenvalue weighted by Gasteiger charge is 2.17. The molecule has 0 spiro atoms. The second-order valence-corrected chi connectivity index (χ2v) is 3.95. The van der Waals surface area contributed by atoms with Crippen molar-refractivity contribution in [2.75, 3.05) is 5.32 Å². The number of nitro groups is 1. The van der Waals surface area contributed by atoms with E-state index in [1.165, 1.54) is 36.1 Å². The lowest BCUT2D eigenvalue weighted by atomic mass is 10.4. The number of halogens is 1. The zero-order chi connectivity index (χ0) is 14.0. The van der Waals surface area contributed by atoms with Gasteiger partial charge in [0.2, 0.25) is 5.28 Å². The number of aryl methyl sites for hydroxylation is 1. The Morgan fingerprint density at radius 3 is 2.89 bits per heavy atom. The molecule has 0 bridgehead atoms. The van der Waals surface area contributed by atoms with Gasteiger partial charge in [-0.25, -0.2) is 9.97 Å². The van der Waals surface area contributed by atoms with Crippen LogP contribution in [-0.2, 0) is 7.05 Å². The highest BCUT2D eigenvalue weighted by atomic mass is 35.5. The Kier molecular flexibility index (Phi) is 3.43. The van der Waals surface area contributed by atoms with Gasteiger partial charge in [0.25, 0.3) is 11.6 Å². The third-order valence-electron chi connectivity index (χ3n) is 2.30. The van der Waals surface area contributed by atoms with Crippen molar-refractivity contribution in [3.63, 3.8) is 0 Å². The summed E-state index contributed by atoms with van der Waals surface area (Å²) >= 11 is 5.58. The SMILES string of the molecule is Cn1cc([N+](=O)[O-])cc1C(=O)Nc1ccnc(Cl)n1. The van der Waals surface area contributed by atoms with E-state index in [-0.39, 0.29) is 22.5 Å². The van der Waals surface area contributed by atoms with Crippen LogP contribution in [0.2, 0.25) is 5.28 Å². The van der Waals surface area contributed by atoms with Gasteiger partial charge in [-0.3, -0.25) is 14.9 Å². The maximum absolute atomic E-state index is 11.9. The number of rotatable bonds is 3. The standard InChI is InChI=1S/C10H8ClN5O3/c1-15-5-6(16(18)19)4-7(15)9(17)13-8-2-3-12-10(11)14-8/h2-5H,1H3,(H,12,13,14,17). The summed E-state index contributed by atoms with van der Waals surface area (Å²) in [4.78, 5) is 29.4. The Morgan fingerprint density at radius 1 is 1.58 bits per heavy atom. The summed E-state index contributed by atoms with van der Waals surface area (Å²) < 4.78 is 1.36. The average Bonchev–Trinajstić information content (AvgIpc) is 2.71. The number of nitrogens with zero attached hydrogens (tertiary/aromatic N) is 4. The lowest BCUT2D eigenvalue weighted by Gasteiger charge is -2.04. The molecule has 0 saturated carbocycles. The van der Waals surface area contributed by atoms with Crippen LogP contribution < -0.4 is 5.32 Å². The van der Waals surface area contributed by atoms with Gasteiger partial charge < -0.3 is 9.88 Å². The smallest absolute Gasteiger partial charge is 0.287 e. The van der Waals surface area contributed by atoms with Crippen molar-refractivity contribution in [1.29, 1.82) is 0 Å². The molecule has 1 N–H and O–H groups in total. The van der Waals surface area contributed by atoms with E-state index in [9.17, 15) is 14.9 Å². The predicted molar refractivity (Wildman–Crippen MR) is 67.1 cm³/mol. The van der Waals surface area contributed by atoms with Gasteiger partial charge in [0.05, 0.1) is 11.1 Å². The molecule has 2 aromatic heterocycles. The molecule has 0 aliphatic heterocycles. The van der Waals surface area contributed by atoms with Gasteiger partial charge in [-0.2, -0.15) is 0 Å². The Hall–Kier alpha value is -2.48. The van der Waals surface area contributed by atoms with Crippen LogP contribution >= 0.6 is 11.6 Å². The van der Waals surface area contributed by atoms with Crippen LogP contribution in [0.5, 0.6) is 0 Å². The molecule has 9 heteroatoms. The highest BCUT2D eigenvalue weighted by molar-refractivity contribution is 6.28. The van der Waals surface area contributed by atoms with Crippen molar-refractivity contribution in [1.82, 2.24) is 14.5 Å². The van der Waals surface area contributed by atoms with Crippen molar-refractivity contribution in [2.45, 2.75) is 0 Å². The minimum absolute atomic E-state index is 0.00402. The highest BCUT2D eigenvalue weighted by Crippen LogP contribution is 2.16. The van der Waals surface area contributed by atoms with Crippen LogP contribution in [0.15, 0.2) is 24.5 Å². The summed E-state index contributed by atoms with van der Waals surface area (Å²) in [6.07, 6.45) is 2.64. The number of aromatic nitrogens is 3. The Morgan fingerprint density at radius 2 is 2.32 bits per heavy atom. The fraction of sp³-hybridized carbons (Fsp3) is 0.100. The molecule has 0 aliphatic carbocycles. The molecule has 2 aromatic rings. The first-order chi connectivity index (χ1) is 8.97. The number of carbonyl (C=O) groups excluding carboxylic acids is 1. The monoisotopic (exact) mass is 281 g/mol. The largest absolute Gasteiger partial charge is 0.340 e. The zero-order valence-corrected chi connectivity index (χ0v) is 10.5. The van der Waals surface area contributed by atoms with E-state index in [0.29, 0.717) is 0 Å². The summed E-state index contributed by atoms with van der Waals surface area (Å²) in [5.41, 5.74) is -0.0187. The summed E-state index contributed by atoms with van der Waals surface area (Å²) in [5.74, 6) is -0.306. The van der Waals surface area contributed by atoms with E-state index in [0.717, 1.165) is 0 Å². The Labute approximate surface area is 112 Å². The van der Waals surface area contributed by atoms with E-state index in [1.54, 1.807) is 0 Å². The van der Waals surface area contributed by atoms with Crippen LogP contribution in [0.1, 0.15) is 10.5 Å². The van der Waals surface area contributed by atoms with Gasteiger partial charge in [-0.15, -0.1) is 0 Å². The zero-order valence-electron chi connectivity index (χ0n) is 9.70. The summed E-state index contributed by atoms with van der Waals surface area (Å²) in [6, 6.07) is 2.64. The second kappa shape index (κ2) is 5.02. The van der Waals surface area contributed by atoms with Crippen molar-refractivity contribution >= 4 is 29.0 Å². The van der Waals surface area contributed by atoms with Gasteiger partial charge in [-0.05, 0) is 17.7 Å². The van der Waals surface area contributed by atoms with E-state index >= 15 is 0 Å². The molecule has 2 rings (SSSR count). The summed E-state index contributed by atoms with van der Waals surface area (Å²) in [5, 5.41) is 13.1. The first kappa shape index (κ1) is 13.0. The number of amides is 1. The van der Waals surface area contributed by atoms with Crippen molar-refractivity contribution in [3.05, 3.63) is 45.6 Å². The maximum atomic E-state index is 11.9. The lowest BCUT2D eigenvalue weighted by Crippen LogP contribution is -2.16. The van der Waals surface area contributed by atoms with Crippen molar-refractivity contribution in [3.8, 4) is 0 Å². The van der Waals surface area contributed by atoms with Gasteiger partial charge in [0.1, 0.15) is 11.5 Å². The fourth-order valence-electron chi connectivity index (χ4n) is 1.46. The molecule has 0 radical (unpaired) electrons. The topological polar surface area (TPSA) is 103 Å². The Bertz CT molecular complexity index is 654. The number of anilines is 1. The molecule has 2 heterocycles. The number of hydrogen-bond donors (Lipinski definition) is 1. The number of nitrogens with one attached hydrogen (secondary N) is 1. The molecule has 8 nitrogen and oxygen atoms in total. The maximum Gasteiger partial charge on any atom is 0.287 e. The normalized spacial score (nSPS) is 10.2. The third kappa shape index (κ3) is 2.86. The molecule has 98 valence electrons. The molecule has 0 fully saturated rings. The van der Waals surface area contributed by atoms with Crippen LogP contribution in [0.3, 0.4) is 0 Å². The van der Waals surface area contributed by atoms with E-state index < -0.39 is 10.8 Å². The quantitative estimate of drug-likeness (QED) is 0.523.